The zero-order valence-electron chi connectivity index (χ0n) is 11.3. The molecular weight excluding hydrogens is 346 g/mol. The first kappa shape index (κ1) is 15.5. The number of likely N-dealkylation sites (N-methyl/N-ethyl adjacent to an activating group) is 1. The molecule has 2 rings (SSSR count). The van der Waals surface area contributed by atoms with E-state index in [-0.39, 0.29) is 0 Å². The molecule has 0 amide bonds. The van der Waals surface area contributed by atoms with Crippen LogP contribution in [0, 0.1) is 4.51 Å². The molecule has 0 aliphatic rings. The topological polar surface area (TPSA) is 48.0 Å². The molecule has 0 aromatic carbocycles. The normalized spacial score (nSPS) is 11.2. The number of halogens is 1. The molecule has 0 atom stereocenters. The van der Waals surface area contributed by atoms with Gasteiger partial charge in [-0.3, -0.25) is 0 Å². The lowest BCUT2D eigenvalue weighted by Gasteiger charge is -2.17. The third kappa shape index (κ3) is 3.60. The van der Waals surface area contributed by atoms with E-state index in [0.29, 0.717) is 47.9 Å². The van der Waals surface area contributed by atoms with E-state index in [1.165, 1.54) is 0 Å². The van der Waals surface area contributed by atoms with Gasteiger partial charge in [0.1, 0.15) is 6.26 Å². The largest absolute Gasteiger partial charge is 0.458 e. The number of ether oxygens (including phenoxy) is 2. The molecule has 0 fully saturated rings. The van der Waals surface area contributed by atoms with Gasteiger partial charge >= 0.3 is 0 Å². The van der Waals surface area contributed by atoms with E-state index in [1.807, 2.05) is 11.9 Å². The van der Waals surface area contributed by atoms with Gasteiger partial charge in [0.25, 0.3) is 0 Å². The monoisotopic (exact) mass is 361 g/mol. The number of furan rings is 1. The molecule has 0 saturated heterocycles. The highest BCUT2D eigenvalue weighted by Crippen LogP contribution is 2.30. The molecule has 2 heterocycles. The molecule has 0 aliphatic carbocycles. The van der Waals surface area contributed by atoms with E-state index in [4.69, 9.17) is 30.5 Å². The van der Waals surface area contributed by atoms with Crippen LogP contribution < -0.4 is 4.90 Å². The Morgan fingerprint density at radius 3 is 2.85 bits per heavy atom. The van der Waals surface area contributed by atoms with E-state index < -0.39 is 0 Å². The number of rotatable bonds is 7. The Morgan fingerprint density at radius 2 is 2.10 bits per heavy atom. The van der Waals surface area contributed by atoms with Gasteiger partial charge in [0, 0.05) is 26.8 Å². The lowest BCUT2D eigenvalue weighted by molar-refractivity contribution is 0.0741. The molecule has 7 heteroatoms. The minimum Gasteiger partial charge on any atom is -0.458 e. The van der Waals surface area contributed by atoms with Gasteiger partial charge in [0.2, 0.25) is 0 Å². The van der Waals surface area contributed by atoms with Crippen molar-refractivity contribution in [1.82, 2.24) is 0 Å². The molecule has 20 heavy (non-hydrogen) atoms. The lowest BCUT2D eigenvalue weighted by atomic mass is 10.4. The number of nitrogens with zero attached hydrogens (tertiary/aromatic N) is 1. The van der Waals surface area contributed by atoms with E-state index in [2.05, 4.69) is 15.9 Å². The molecule has 0 unspecified atom stereocenters. The number of anilines is 1. The summed E-state index contributed by atoms with van der Waals surface area (Å²) in [6.07, 6.45) is 1.57. The first-order valence-corrected chi connectivity index (χ1v) is 7.32. The molecule has 0 spiro atoms. The fourth-order valence-electron chi connectivity index (χ4n) is 1.65. The Balaban J connectivity index is 2.04. The van der Waals surface area contributed by atoms with E-state index >= 15 is 0 Å². The van der Waals surface area contributed by atoms with Crippen LogP contribution in [0.1, 0.15) is 0 Å². The van der Waals surface area contributed by atoms with E-state index in [1.54, 1.807) is 19.4 Å². The van der Waals surface area contributed by atoms with Gasteiger partial charge in [0.15, 0.2) is 17.1 Å². The van der Waals surface area contributed by atoms with Crippen molar-refractivity contribution in [3.63, 3.8) is 0 Å². The van der Waals surface area contributed by atoms with Crippen molar-refractivity contribution in [3.05, 3.63) is 21.3 Å². The Labute approximate surface area is 130 Å². The minimum atomic E-state index is 0.583. The van der Waals surface area contributed by atoms with Crippen molar-refractivity contribution >= 4 is 45.2 Å². The van der Waals surface area contributed by atoms with Crippen molar-refractivity contribution in [3.8, 4) is 0 Å². The molecule has 110 valence electrons. The van der Waals surface area contributed by atoms with Crippen LogP contribution in [0.4, 0.5) is 5.88 Å². The second-order valence-corrected chi connectivity index (χ2v) is 5.51. The summed E-state index contributed by atoms with van der Waals surface area (Å²) >= 11 is 8.67. The summed E-state index contributed by atoms with van der Waals surface area (Å²) in [5.74, 6) is 0.681. The van der Waals surface area contributed by atoms with Crippen LogP contribution >= 0.6 is 28.1 Å². The summed E-state index contributed by atoms with van der Waals surface area (Å²) in [6.45, 7) is 2.47. The second kappa shape index (κ2) is 7.21. The van der Waals surface area contributed by atoms with Crippen molar-refractivity contribution in [2.45, 2.75) is 0 Å². The third-order valence-corrected chi connectivity index (χ3v) is 3.62. The van der Waals surface area contributed by atoms with Crippen molar-refractivity contribution in [2.24, 2.45) is 0 Å². The Bertz CT molecular complexity index is 624. The number of fused-ring (bicyclic) bond motifs is 1. The van der Waals surface area contributed by atoms with Crippen LogP contribution in [0.3, 0.4) is 0 Å². The fraction of sp³-hybridized carbons (Fsp3) is 0.462. The molecule has 0 saturated carbocycles. The van der Waals surface area contributed by atoms with Gasteiger partial charge in [-0.15, -0.1) is 0 Å². The predicted molar refractivity (Wildman–Crippen MR) is 83.0 cm³/mol. The molecule has 0 radical (unpaired) electrons. The number of methoxy groups -OCH3 is 1. The highest BCUT2D eigenvalue weighted by molar-refractivity contribution is 9.10. The summed E-state index contributed by atoms with van der Waals surface area (Å²) in [4.78, 5) is 1.95. The van der Waals surface area contributed by atoms with Crippen LogP contribution in [-0.2, 0) is 9.47 Å². The third-order valence-electron chi connectivity index (χ3n) is 2.77. The predicted octanol–water partition coefficient (Wildman–Crippen LogP) is 3.62. The van der Waals surface area contributed by atoms with Gasteiger partial charge in [-0.05, 0) is 15.9 Å². The molecule has 0 bridgehead atoms. The van der Waals surface area contributed by atoms with Crippen LogP contribution in [0.25, 0.3) is 11.2 Å². The molecular formula is C13H16BrNO4S. The first-order valence-electron chi connectivity index (χ1n) is 6.12. The van der Waals surface area contributed by atoms with E-state index in [0.717, 1.165) is 4.47 Å². The number of hydrogen-bond acceptors (Lipinski definition) is 6. The summed E-state index contributed by atoms with van der Waals surface area (Å²) in [5, 5.41) is 0. The first-order chi connectivity index (χ1) is 9.63. The van der Waals surface area contributed by atoms with Crippen LogP contribution in [-0.4, -0.2) is 40.5 Å². The number of hydrogen-bond donors (Lipinski definition) is 0. The lowest BCUT2D eigenvalue weighted by Crippen LogP contribution is -2.23. The summed E-state index contributed by atoms with van der Waals surface area (Å²) < 4.78 is 22.9. The van der Waals surface area contributed by atoms with Crippen LogP contribution in [0.15, 0.2) is 25.6 Å². The second-order valence-electron chi connectivity index (χ2n) is 4.22. The summed E-state index contributed by atoms with van der Waals surface area (Å²) in [6, 6.07) is 1.78. The summed E-state index contributed by atoms with van der Waals surface area (Å²) in [5.41, 5.74) is 1.21. The van der Waals surface area contributed by atoms with Gasteiger partial charge in [-0.1, -0.05) is 12.2 Å². The zero-order chi connectivity index (χ0) is 14.5. The van der Waals surface area contributed by atoms with Crippen molar-refractivity contribution in [2.75, 3.05) is 45.4 Å². The Hall–Kier alpha value is -0.890. The SMILES string of the molecule is COCCOCCN(C)c1cc(=S)c2occ(Br)c2o1. The maximum atomic E-state index is 5.79. The zero-order valence-corrected chi connectivity index (χ0v) is 13.8. The highest BCUT2D eigenvalue weighted by Gasteiger charge is 2.12. The average Bonchev–Trinajstić information content (AvgIpc) is 2.81. The van der Waals surface area contributed by atoms with Crippen LogP contribution in [0.5, 0.6) is 0 Å². The quantitative estimate of drug-likeness (QED) is 0.554. The molecule has 0 N–H and O–H groups in total. The van der Waals surface area contributed by atoms with Crippen molar-refractivity contribution < 1.29 is 18.3 Å². The smallest absolute Gasteiger partial charge is 0.197 e. The standard InChI is InChI=1S/C13H16BrNO4S/c1-15(3-4-17-6-5-16-2)11-7-10(20)13-12(19-11)9(14)8-18-13/h7-8H,3-6H2,1-2H3. The molecule has 2 aromatic heterocycles. The highest BCUT2D eigenvalue weighted by atomic mass is 79.9. The molecule has 5 nitrogen and oxygen atoms in total. The molecule has 0 aliphatic heterocycles. The van der Waals surface area contributed by atoms with Crippen molar-refractivity contribution in [1.29, 1.82) is 0 Å². The van der Waals surface area contributed by atoms with E-state index in [9.17, 15) is 0 Å². The maximum absolute atomic E-state index is 5.79. The fourth-order valence-corrected chi connectivity index (χ4v) is 2.24. The average molecular weight is 362 g/mol. The van der Waals surface area contributed by atoms with Gasteiger partial charge in [0.05, 0.1) is 28.8 Å². The summed E-state index contributed by atoms with van der Waals surface area (Å²) in [7, 11) is 3.57. The van der Waals surface area contributed by atoms with Gasteiger partial charge in [-0.25, -0.2) is 0 Å². The van der Waals surface area contributed by atoms with Crippen LogP contribution in [0.2, 0.25) is 0 Å². The minimum absolute atomic E-state index is 0.583. The Morgan fingerprint density at radius 1 is 1.30 bits per heavy atom. The van der Waals surface area contributed by atoms with Gasteiger partial charge < -0.3 is 23.2 Å². The maximum Gasteiger partial charge on any atom is 0.197 e. The molecule has 2 aromatic rings. The van der Waals surface area contributed by atoms with Gasteiger partial charge in [-0.2, -0.15) is 0 Å². The Kier molecular flexibility index (Phi) is 5.59.